The first-order valence-corrected chi connectivity index (χ1v) is 8.98. The molecule has 3 nitrogen and oxygen atoms in total. The molecule has 20 heavy (non-hydrogen) atoms. The van der Waals surface area contributed by atoms with Crippen LogP contribution in [0, 0.1) is 6.92 Å². The van der Waals surface area contributed by atoms with Crippen molar-refractivity contribution in [3.05, 3.63) is 55.9 Å². The number of anilines is 1. The summed E-state index contributed by atoms with van der Waals surface area (Å²) in [7, 11) is -3.64. The number of benzene rings is 2. The van der Waals surface area contributed by atoms with Crippen LogP contribution in [0.2, 0.25) is 5.02 Å². The monoisotopic (exact) mass is 437 g/mol. The predicted octanol–water partition coefficient (Wildman–Crippen LogP) is 4.97. The van der Waals surface area contributed by atoms with Gasteiger partial charge in [-0.05, 0) is 58.7 Å². The van der Waals surface area contributed by atoms with E-state index in [4.69, 9.17) is 11.6 Å². The molecule has 1 N–H and O–H groups in total. The molecule has 0 aliphatic heterocycles. The van der Waals surface area contributed by atoms with Crippen LogP contribution in [0.1, 0.15) is 5.56 Å². The lowest BCUT2D eigenvalue weighted by Crippen LogP contribution is -2.13. The summed E-state index contributed by atoms with van der Waals surface area (Å²) in [5.41, 5.74) is 1.52. The highest BCUT2D eigenvalue weighted by molar-refractivity contribution is 9.10. The lowest BCUT2D eigenvalue weighted by atomic mass is 10.2. The molecule has 0 unspecified atom stereocenters. The fourth-order valence-electron chi connectivity index (χ4n) is 1.51. The quantitative estimate of drug-likeness (QED) is 0.734. The van der Waals surface area contributed by atoms with Crippen molar-refractivity contribution in [2.24, 2.45) is 0 Å². The van der Waals surface area contributed by atoms with Gasteiger partial charge in [-0.1, -0.05) is 33.6 Å². The largest absolute Gasteiger partial charge is 0.280 e. The number of hydrogen-bond acceptors (Lipinski definition) is 2. The van der Waals surface area contributed by atoms with Crippen molar-refractivity contribution in [3.63, 3.8) is 0 Å². The highest BCUT2D eigenvalue weighted by Gasteiger charge is 2.15. The van der Waals surface area contributed by atoms with Gasteiger partial charge in [0.25, 0.3) is 10.0 Å². The first-order valence-electron chi connectivity index (χ1n) is 5.53. The van der Waals surface area contributed by atoms with Crippen LogP contribution in [0.4, 0.5) is 5.69 Å². The lowest BCUT2D eigenvalue weighted by Gasteiger charge is -2.10. The van der Waals surface area contributed by atoms with Crippen molar-refractivity contribution in [1.82, 2.24) is 0 Å². The molecule has 0 aliphatic rings. The lowest BCUT2D eigenvalue weighted by molar-refractivity contribution is 0.601. The zero-order valence-corrected chi connectivity index (χ0v) is 15.1. The number of halogens is 3. The Bertz CT molecular complexity index is 763. The Kier molecular flexibility index (Phi) is 4.79. The molecule has 0 aliphatic carbocycles. The molecule has 0 bridgehead atoms. The van der Waals surface area contributed by atoms with Gasteiger partial charge in [0.2, 0.25) is 0 Å². The van der Waals surface area contributed by atoms with Gasteiger partial charge in [0.15, 0.2) is 0 Å². The maximum absolute atomic E-state index is 12.3. The second kappa shape index (κ2) is 6.05. The second-order valence-electron chi connectivity index (χ2n) is 4.15. The molecule has 0 heterocycles. The molecule has 106 valence electrons. The third kappa shape index (κ3) is 3.55. The summed E-state index contributed by atoms with van der Waals surface area (Å²) in [6, 6.07) is 9.72. The van der Waals surface area contributed by atoms with Gasteiger partial charge in [-0.25, -0.2) is 8.42 Å². The van der Waals surface area contributed by atoms with Crippen LogP contribution >= 0.6 is 43.5 Å². The molecule has 0 spiro atoms. The van der Waals surface area contributed by atoms with E-state index < -0.39 is 10.0 Å². The molecule has 0 atom stereocenters. The molecule has 2 aromatic rings. The zero-order chi connectivity index (χ0) is 14.9. The molecule has 0 amide bonds. The fraction of sp³-hybridized carbons (Fsp3) is 0.0769. The van der Waals surface area contributed by atoms with E-state index in [1.165, 1.54) is 18.2 Å². The van der Waals surface area contributed by atoms with Crippen LogP contribution in [0.15, 0.2) is 50.2 Å². The van der Waals surface area contributed by atoms with Crippen molar-refractivity contribution in [3.8, 4) is 0 Å². The fourth-order valence-corrected chi connectivity index (χ4v) is 3.62. The van der Waals surface area contributed by atoms with Gasteiger partial charge in [0.05, 0.1) is 9.92 Å². The van der Waals surface area contributed by atoms with E-state index >= 15 is 0 Å². The molecular formula is C13H10Br2ClNO2S. The Balaban J connectivity index is 2.35. The standard InChI is InChI=1S/C13H10Br2ClNO2S/c1-8-2-3-9(6-11(8)14)17-20(18,19)10-4-5-13(16)12(15)7-10/h2-7,17H,1H3. The van der Waals surface area contributed by atoms with Gasteiger partial charge < -0.3 is 0 Å². The van der Waals surface area contributed by atoms with E-state index in [1.54, 1.807) is 12.1 Å². The Hall–Kier alpha value is -0.560. The first kappa shape index (κ1) is 15.8. The average molecular weight is 440 g/mol. The molecule has 0 aromatic heterocycles. The number of nitrogens with one attached hydrogen (secondary N) is 1. The number of rotatable bonds is 3. The zero-order valence-electron chi connectivity index (χ0n) is 10.3. The Labute approximate surface area is 139 Å². The number of hydrogen-bond donors (Lipinski definition) is 1. The third-order valence-electron chi connectivity index (χ3n) is 2.63. The minimum Gasteiger partial charge on any atom is -0.280 e. The molecule has 0 saturated carbocycles. The van der Waals surface area contributed by atoms with Crippen LogP contribution in [-0.2, 0) is 10.0 Å². The van der Waals surface area contributed by atoms with Gasteiger partial charge in [0, 0.05) is 14.6 Å². The number of aryl methyl sites for hydroxylation is 1. The Morgan fingerprint density at radius 2 is 1.75 bits per heavy atom. The maximum atomic E-state index is 12.3. The van der Waals surface area contributed by atoms with Crippen LogP contribution in [0.5, 0.6) is 0 Å². The maximum Gasteiger partial charge on any atom is 0.261 e. The van der Waals surface area contributed by atoms with Gasteiger partial charge >= 0.3 is 0 Å². The van der Waals surface area contributed by atoms with E-state index in [0.29, 0.717) is 15.2 Å². The summed E-state index contributed by atoms with van der Waals surface area (Å²) >= 11 is 12.4. The molecule has 0 radical (unpaired) electrons. The normalized spacial score (nSPS) is 11.4. The van der Waals surface area contributed by atoms with Crippen molar-refractivity contribution in [2.75, 3.05) is 4.72 Å². The minimum atomic E-state index is -3.64. The van der Waals surface area contributed by atoms with E-state index in [0.717, 1.165) is 10.0 Å². The topological polar surface area (TPSA) is 46.2 Å². The summed E-state index contributed by atoms with van der Waals surface area (Å²) < 4.78 is 28.4. The summed E-state index contributed by atoms with van der Waals surface area (Å²) in [5, 5.41) is 0.460. The molecular weight excluding hydrogens is 429 g/mol. The predicted molar refractivity (Wildman–Crippen MR) is 88.8 cm³/mol. The van der Waals surface area contributed by atoms with Crippen molar-refractivity contribution < 1.29 is 8.42 Å². The van der Waals surface area contributed by atoms with Crippen LogP contribution in [-0.4, -0.2) is 8.42 Å². The van der Waals surface area contributed by atoms with Crippen molar-refractivity contribution in [1.29, 1.82) is 0 Å². The van der Waals surface area contributed by atoms with Crippen LogP contribution < -0.4 is 4.72 Å². The SMILES string of the molecule is Cc1ccc(NS(=O)(=O)c2ccc(Cl)c(Br)c2)cc1Br. The Morgan fingerprint density at radius 1 is 1.05 bits per heavy atom. The molecule has 0 fully saturated rings. The summed E-state index contributed by atoms with van der Waals surface area (Å²) in [6.45, 7) is 1.93. The third-order valence-corrected chi connectivity index (χ3v) is 6.07. The summed E-state index contributed by atoms with van der Waals surface area (Å²) in [5.74, 6) is 0. The van der Waals surface area contributed by atoms with Gasteiger partial charge in [-0.15, -0.1) is 0 Å². The van der Waals surface area contributed by atoms with Gasteiger partial charge in [0.1, 0.15) is 0 Å². The van der Waals surface area contributed by atoms with Crippen LogP contribution in [0.25, 0.3) is 0 Å². The molecule has 2 rings (SSSR count). The Morgan fingerprint density at radius 3 is 2.35 bits per heavy atom. The first-order chi connectivity index (χ1) is 9.29. The number of sulfonamides is 1. The van der Waals surface area contributed by atoms with Crippen molar-refractivity contribution in [2.45, 2.75) is 11.8 Å². The van der Waals surface area contributed by atoms with Crippen LogP contribution in [0.3, 0.4) is 0 Å². The van der Waals surface area contributed by atoms with E-state index in [2.05, 4.69) is 36.6 Å². The van der Waals surface area contributed by atoms with Gasteiger partial charge in [-0.3, -0.25) is 4.72 Å². The highest BCUT2D eigenvalue weighted by atomic mass is 79.9. The summed E-state index contributed by atoms with van der Waals surface area (Å²) in [4.78, 5) is 0.144. The van der Waals surface area contributed by atoms with Gasteiger partial charge in [-0.2, -0.15) is 0 Å². The van der Waals surface area contributed by atoms with Crippen molar-refractivity contribution >= 4 is 59.2 Å². The second-order valence-corrected chi connectivity index (χ2v) is 7.94. The smallest absolute Gasteiger partial charge is 0.261 e. The van der Waals surface area contributed by atoms with E-state index in [9.17, 15) is 8.42 Å². The van der Waals surface area contributed by atoms with E-state index in [1.807, 2.05) is 13.0 Å². The molecule has 2 aromatic carbocycles. The summed E-state index contributed by atoms with van der Waals surface area (Å²) in [6.07, 6.45) is 0. The van der Waals surface area contributed by atoms with E-state index in [-0.39, 0.29) is 4.90 Å². The average Bonchev–Trinajstić information content (AvgIpc) is 2.37. The highest BCUT2D eigenvalue weighted by Crippen LogP contribution is 2.27. The minimum absolute atomic E-state index is 0.144. The molecule has 0 saturated heterocycles. The molecule has 7 heteroatoms.